The van der Waals surface area contributed by atoms with Crippen LogP contribution in [0.15, 0.2) is 12.1 Å². The first-order chi connectivity index (χ1) is 7.45. The van der Waals surface area contributed by atoms with E-state index in [1.54, 1.807) is 0 Å². The maximum absolute atomic E-state index is 10.5. The number of hydrogen-bond acceptors (Lipinski definition) is 4. The Labute approximate surface area is 93.1 Å². The summed E-state index contributed by atoms with van der Waals surface area (Å²) in [7, 11) is 0. The molecule has 1 atom stereocenters. The zero-order valence-electron chi connectivity index (χ0n) is 8.97. The quantitative estimate of drug-likeness (QED) is 0.615. The van der Waals surface area contributed by atoms with Gasteiger partial charge in [0.25, 0.3) is 0 Å². The molecule has 1 aromatic rings. The van der Waals surface area contributed by atoms with Gasteiger partial charge in [-0.2, -0.15) is 0 Å². The van der Waals surface area contributed by atoms with Crippen molar-refractivity contribution in [2.24, 2.45) is 5.73 Å². The summed E-state index contributed by atoms with van der Waals surface area (Å²) in [5.74, 6) is -1.22. The molecule has 5 heteroatoms. The highest BCUT2D eigenvalue weighted by atomic mass is 16.4. The van der Waals surface area contributed by atoms with Gasteiger partial charge in [-0.05, 0) is 18.1 Å². The lowest BCUT2D eigenvalue weighted by Gasteiger charge is -2.13. The Balaban J connectivity index is 3.08. The number of hydrogen-bond donors (Lipinski definition) is 4. The molecule has 1 unspecified atom stereocenters. The summed E-state index contributed by atoms with van der Waals surface area (Å²) in [5.41, 5.74) is 6.63. The van der Waals surface area contributed by atoms with Gasteiger partial charge in [-0.3, -0.25) is 4.79 Å². The Kier molecular flexibility index (Phi) is 3.73. The van der Waals surface area contributed by atoms with Gasteiger partial charge in [0.2, 0.25) is 0 Å². The van der Waals surface area contributed by atoms with Crippen molar-refractivity contribution in [1.82, 2.24) is 0 Å². The second kappa shape index (κ2) is 4.85. The Morgan fingerprint density at radius 3 is 2.50 bits per heavy atom. The largest absolute Gasteiger partial charge is 0.508 e. The second-order valence-electron chi connectivity index (χ2n) is 3.60. The average molecular weight is 225 g/mol. The normalized spacial score (nSPS) is 12.4. The zero-order valence-corrected chi connectivity index (χ0v) is 8.97. The predicted molar refractivity (Wildman–Crippen MR) is 58.3 cm³/mol. The Morgan fingerprint density at radius 1 is 1.38 bits per heavy atom. The maximum atomic E-state index is 10.5. The smallest absolute Gasteiger partial charge is 0.305 e. The molecule has 5 nitrogen and oxygen atoms in total. The third-order valence-corrected chi connectivity index (χ3v) is 2.40. The molecule has 88 valence electrons. The van der Waals surface area contributed by atoms with Crippen molar-refractivity contribution in [1.29, 1.82) is 0 Å². The van der Waals surface area contributed by atoms with Crippen molar-refractivity contribution >= 4 is 5.97 Å². The molecule has 0 saturated carbocycles. The zero-order chi connectivity index (χ0) is 12.3. The molecule has 16 heavy (non-hydrogen) atoms. The molecule has 0 aliphatic heterocycles. The van der Waals surface area contributed by atoms with E-state index in [1.807, 2.05) is 6.92 Å². The summed E-state index contributed by atoms with van der Waals surface area (Å²) in [6.45, 7) is 1.85. The van der Waals surface area contributed by atoms with E-state index in [0.29, 0.717) is 17.5 Å². The molecule has 5 N–H and O–H groups in total. The molecule has 1 aromatic carbocycles. The van der Waals surface area contributed by atoms with Crippen LogP contribution < -0.4 is 5.73 Å². The van der Waals surface area contributed by atoms with Gasteiger partial charge in [-0.25, -0.2) is 0 Å². The van der Waals surface area contributed by atoms with Crippen LogP contribution in [0.2, 0.25) is 0 Å². The molecular weight excluding hydrogens is 210 g/mol. The highest BCUT2D eigenvalue weighted by Gasteiger charge is 2.16. The molecule has 0 saturated heterocycles. The number of phenols is 2. The number of aryl methyl sites for hydroxylation is 1. The van der Waals surface area contributed by atoms with Crippen LogP contribution in [0, 0.1) is 0 Å². The number of aliphatic carboxylic acids is 1. The first kappa shape index (κ1) is 12.3. The first-order valence-corrected chi connectivity index (χ1v) is 4.97. The minimum atomic E-state index is -1.03. The number of rotatable bonds is 4. The molecule has 0 fully saturated rings. The van der Waals surface area contributed by atoms with E-state index in [4.69, 9.17) is 10.8 Å². The van der Waals surface area contributed by atoms with Gasteiger partial charge in [-0.15, -0.1) is 0 Å². The molecule has 0 bridgehead atoms. The van der Waals surface area contributed by atoms with Crippen LogP contribution in [0.3, 0.4) is 0 Å². The van der Waals surface area contributed by atoms with Crippen molar-refractivity contribution in [3.63, 3.8) is 0 Å². The van der Waals surface area contributed by atoms with Gasteiger partial charge >= 0.3 is 5.97 Å². The number of carboxylic acid groups (broad SMARTS) is 1. The molecule has 0 aromatic heterocycles. The van der Waals surface area contributed by atoms with Crippen molar-refractivity contribution < 1.29 is 20.1 Å². The van der Waals surface area contributed by atoms with Gasteiger partial charge < -0.3 is 21.1 Å². The predicted octanol–water partition coefficient (Wildman–Crippen LogP) is 1.13. The SMILES string of the molecule is CCc1cc(C(N)CC(=O)O)c(O)cc1O. The van der Waals surface area contributed by atoms with E-state index >= 15 is 0 Å². The maximum Gasteiger partial charge on any atom is 0.305 e. The van der Waals surface area contributed by atoms with E-state index in [1.165, 1.54) is 12.1 Å². The summed E-state index contributed by atoms with van der Waals surface area (Å²) in [4.78, 5) is 10.5. The number of benzene rings is 1. The fourth-order valence-electron chi connectivity index (χ4n) is 1.52. The van der Waals surface area contributed by atoms with Crippen LogP contribution in [0.25, 0.3) is 0 Å². The van der Waals surface area contributed by atoms with E-state index in [9.17, 15) is 15.0 Å². The summed E-state index contributed by atoms with van der Waals surface area (Å²) >= 11 is 0. The molecule has 0 spiro atoms. The molecule has 0 heterocycles. The van der Waals surface area contributed by atoms with Gasteiger partial charge in [-0.1, -0.05) is 6.92 Å². The van der Waals surface area contributed by atoms with Crippen LogP contribution in [0.5, 0.6) is 11.5 Å². The van der Waals surface area contributed by atoms with Crippen molar-refractivity contribution in [2.45, 2.75) is 25.8 Å². The minimum Gasteiger partial charge on any atom is -0.508 e. The van der Waals surface area contributed by atoms with E-state index in [2.05, 4.69) is 0 Å². The van der Waals surface area contributed by atoms with Crippen LogP contribution >= 0.6 is 0 Å². The molecule has 0 amide bonds. The lowest BCUT2D eigenvalue weighted by molar-refractivity contribution is -0.137. The highest BCUT2D eigenvalue weighted by molar-refractivity contribution is 5.68. The van der Waals surface area contributed by atoms with Crippen molar-refractivity contribution in [2.75, 3.05) is 0 Å². The summed E-state index contributed by atoms with van der Waals surface area (Å²) in [6, 6.07) is 1.96. The summed E-state index contributed by atoms with van der Waals surface area (Å²) in [5, 5.41) is 27.6. The van der Waals surface area contributed by atoms with Gasteiger partial charge in [0.05, 0.1) is 6.42 Å². The minimum absolute atomic E-state index is 0.00808. The van der Waals surface area contributed by atoms with Crippen LogP contribution in [0.1, 0.15) is 30.5 Å². The van der Waals surface area contributed by atoms with E-state index in [0.717, 1.165) is 0 Å². The third kappa shape index (κ3) is 2.64. The standard InChI is InChI=1S/C11H15NO4/c1-2-6-3-7(8(12)4-11(15)16)10(14)5-9(6)13/h3,5,8,13-14H,2,4,12H2,1H3,(H,15,16). The third-order valence-electron chi connectivity index (χ3n) is 2.40. The van der Waals surface area contributed by atoms with Crippen molar-refractivity contribution in [3.8, 4) is 11.5 Å². The molecule has 0 radical (unpaired) electrons. The van der Waals surface area contributed by atoms with Gasteiger partial charge in [0.1, 0.15) is 11.5 Å². The monoisotopic (exact) mass is 225 g/mol. The van der Waals surface area contributed by atoms with Crippen LogP contribution in [-0.4, -0.2) is 21.3 Å². The fourth-order valence-corrected chi connectivity index (χ4v) is 1.52. The lowest BCUT2D eigenvalue weighted by atomic mass is 9.99. The Morgan fingerprint density at radius 2 is 2.00 bits per heavy atom. The van der Waals surface area contributed by atoms with Crippen LogP contribution in [-0.2, 0) is 11.2 Å². The Bertz CT molecular complexity index is 403. The van der Waals surface area contributed by atoms with Crippen molar-refractivity contribution in [3.05, 3.63) is 23.3 Å². The molecule has 1 rings (SSSR count). The number of aromatic hydroxyl groups is 2. The molecule has 0 aliphatic carbocycles. The second-order valence-corrected chi connectivity index (χ2v) is 3.60. The number of nitrogens with two attached hydrogens (primary N) is 1. The highest BCUT2D eigenvalue weighted by Crippen LogP contribution is 2.31. The average Bonchev–Trinajstić information content (AvgIpc) is 2.16. The van der Waals surface area contributed by atoms with E-state index < -0.39 is 12.0 Å². The van der Waals surface area contributed by atoms with Gasteiger partial charge in [0, 0.05) is 17.7 Å². The summed E-state index contributed by atoms with van der Waals surface area (Å²) < 4.78 is 0. The van der Waals surface area contributed by atoms with Crippen LogP contribution in [0.4, 0.5) is 0 Å². The first-order valence-electron chi connectivity index (χ1n) is 4.97. The molecule has 0 aliphatic rings. The fraction of sp³-hybridized carbons (Fsp3) is 0.364. The number of carbonyl (C=O) groups is 1. The number of carboxylic acids is 1. The number of phenolic OH excluding ortho intramolecular Hbond substituents is 2. The lowest BCUT2D eigenvalue weighted by Crippen LogP contribution is -2.15. The van der Waals surface area contributed by atoms with Gasteiger partial charge in [0.15, 0.2) is 0 Å². The molecular formula is C11H15NO4. The summed E-state index contributed by atoms with van der Waals surface area (Å²) in [6.07, 6.45) is 0.320. The van der Waals surface area contributed by atoms with E-state index in [-0.39, 0.29) is 17.9 Å². The Hall–Kier alpha value is -1.75. The topological polar surface area (TPSA) is 104 Å².